The molecule has 0 atom stereocenters. The van der Waals surface area contributed by atoms with E-state index in [2.05, 4.69) is 5.16 Å². The second-order valence-corrected chi connectivity index (χ2v) is 5.92. The monoisotopic (exact) mass is 348 g/mol. The molecule has 5 heteroatoms. The van der Waals surface area contributed by atoms with E-state index in [1.807, 2.05) is 67.6 Å². The molecule has 5 nitrogen and oxygen atoms in total. The van der Waals surface area contributed by atoms with Crippen LogP contribution in [0, 0.1) is 6.92 Å². The van der Waals surface area contributed by atoms with Gasteiger partial charge in [0.2, 0.25) is 0 Å². The van der Waals surface area contributed by atoms with Crippen molar-refractivity contribution in [2.45, 2.75) is 13.3 Å². The van der Waals surface area contributed by atoms with E-state index in [1.165, 1.54) is 0 Å². The van der Waals surface area contributed by atoms with Gasteiger partial charge in [-0.1, -0.05) is 65.8 Å². The van der Waals surface area contributed by atoms with Crippen LogP contribution in [0.5, 0.6) is 5.75 Å². The van der Waals surface area contributed by atoms with Crippen LogP contribution in [0.1, 0.15) is 11.1 Å². The first-order valence-corrected chi connectivity index (χ1v) is 8.31. The van der Waals surface area contributed by atoms with Gasteiger partial charge in [-0.3, -0.25) is 0 Å². The first kappa shape index (κ1) is 17.5. The van der Waals surface area contributed by atoms with Gasteiger partial charge in [0.1, 0.15) is 11.6 Å². The van der Waals surface area contributed by atoms with E-state index in [-0.39, 0.29) is 12.4 Å². The van der Waals surface area contributed by atoms with E-state index in [4.69, 9.17) is 15.3 Å². The summed E-state index contributed by atoms with van der Waals surface area (Å²) in [4.78, 5) is 16.6. The van der Waals surface area contributed by atoms with Gasteiger partial charge in [-0.05, 0) is 34.9 Å². The number of carbonyl (C=O) groups is 1. The zero-order chi connectivity index (χ0) is 18.4. The predicted molar refractivity (Wildman–Crippen MR) is 102 cm³/mol. The summed E-state index contributed by atoms with van der Waals surface area (Å²) < 4.78 is 5.42. The van der Waals surface area contributed by atoms with Gasteiger partial charge in [-0.25, -0.2) is 4.79 Å². The smallest absolute Gasteiger partial charge is 0.372 e. The first-order valence-electron chi connectivity index (χ1n) is 8.31. The maximum atomic E-state index is 11.8. The number of amidine groups is 1. The molecule has 0 radical (unpaired) electrons. The Bertz CT molecular complexity index is 945. The third-order valence-corrected chi connectivity index (χ3v) is 3.96. The zero-order valence-corrected chi connectivity index (χ0v) is 14.5. The molecule has 0 aliphatic carbocycles. The Balaban J connectivity index is 1.58. The number of aryl methyl sites for hydroxylation is 1. The number of oxime groups is 1. The summed E-state index contributed by atoms with van der Waals surface area (Å²) >= 11 is 0. The van der Waals surface area contributed by atoms with E-state index in [1.54, 1.807) is 6.07 Å². The molecule has 0 aliphatic heterocycles. The minimum absolute atomic E-state index is 0.226. The molecule has 2 N–H and O–H groups in total. The molecule has 0 bridgehead atoms. The predicted octanol–water partition coefficient (Wildman–Crippen LogP) is 3.59. The van der Waals surface area contributed by atoms with Gasteiger partial charge in [0.15, 0.2) is 6.61 Å². The van der Waals surface area contributed by atoms with Crippen molar-refractivity contribution in [3.8, 4) is 5.75 Å². The number of rotatable bonds is 6. The van der Waals surface area contributed by atoms with Crippen molar-refractivity contribution in [1.29, 1.82) is 0 Å². The van der Waals surface area contributed by atoms with Crippen LogP contribution in [0.2, 0.25) is 0 Å². The van der Waals surface area contributed by atoms with Gasteiger partial charge in [0, 0.05) is 6.42 Å². The van der Waals surface area contributed by atoms with Crippen LogP contribution >= 0.6 is 0 Å². The third kappa shape index (κ3) is 4.39. The normalized spacial score (nSPS) is 11.3. The summed E-state index contributed by atoms with van der Waals surface area (Å²) in [6, 6.07) is 21.4. The molecule has 0 fully saturated rings. The molecule has 0 saturated heterocycles. The fourth-order valence-electron chi connectivity index (χ4n) is 2.66. The summed E-state index contributed by atoms with van der Waals surface area (Å²) in [5, 5.41) is 5.95. The average Bonchev–Trinajstić information content (AvgIpc) is 2.66. The number of hydrogen-bond donors (Lipinski definition) is 1. The zero-order valence-electron chi connectivity index (χ0n) is 14.5. The lowest BCUT2D eigenvalue weighted by atomic mass is 10.0. The Hall–Kier alpha value is -3.34. The number of ether oxygens (including phenoxy) is 1. The van der Waals surface area contributed by atoms with Gasteiger partial charge in [-0.15, -0.1) is 0 Å². The van der Waals surface area contributed by atoms with Crippen LogP contribution in [-0.4, -0.2) is 18.4 Å². The van der Waals surface area contributed by atoms with E-state index >= 15 is 0 Å². The van der Waals surface area contributed by atoms with Gasteiger partial charge in [0.25, 0.3) is 0 Å². The summed E-state index contributed by atoms with van der Waals surface area (Å²) in [7, 11) is 0. The maximum Gasteiger partial charge on any atom is 0.372 e. The summed E-state index contributed by atoms with van der Waals surface area (Å²) in [5.74, 6) is 0.261. The van der Waals surface area contributed by atoms with Crippen molar-refractivity contribution in [3.63, 3.8) is 0 Å². The van der Waals surface area contributed by atoms with E-state index < -0.39 is 5.97 Å². The lowest BCUT2D eigenvalue weighted by Crippen LogP contribution is -2.19. The Labute approximate surface area is 152 Å². The van der Waals surface area contributed by atoms with Crippen molar-refractivity contribution in [2.24, 2.45) is 10.9 Å². The van der Waals surface area contributed by atoms with Crippen LogP contribution in [0.25, 0.3) is 10.8 Å². The minimum atomic E-state index is -0.603. The van der Waals surface area contributed by atoms with Crippen LogP contribution in [0.3, 0.4) is 0 Å². The van der Waals surface area contributed by atoms with E-state index in [0.717, 1.165) is 21.9 Å². The molecule has 0 unspecified atom stereocenters. The molecule has 132 valence electrons. The number of fused-ring (bicyclic) bond motifs is 1. The fourth-order valence-corrected chi connectivity index (χ4v) is 2.66. The lowest BCUT2D eigenvalue weighted by Gasteiger charge is -2.07. The number of nitrogens with two attached hydrogens (primary N) is 1. The van der Waals surface area contributed by atoms with Crippen molar-refractivity contribution in [3.05, 3.63) is 77.9 Å². The van der Waals surface area contributed by atoms with Crippen LogP contribution in [-0.2, 0) is 16.1 Å². The molecule has 0 aliphatic rings. The summed E-state index contributed by atoms with van der Waals surface area (Å²) in [5.41, 5.74) is 7.88. The molecule has 3 rings (SSSR count). The highest BCUT2D eigenvalue weighted by molar-refractivity contribution is 5.91. The third-order valence-electron chi connectivity index (χ3n) is 3.96. The SMILES string of the molecule is Cc1ccccc1OCC(=O)ON=C(N)Cc1cccc2ccccc12. The molecular formula is C21H20N2O3. The summed E-state index contributed by atoms with van der Waals surface area (Å²) in [6.07, 6.45) is 0.396. The van der Waals surface area contributed by atoms with Crippen LogP contribution < -0.4 is 10.5 Å². The van der Waals surface area contributed by atoms with Crippen molar-refractivity contribution in [2.75, 3.05) is 6.61 Å². The Morgan fingerprint density at radius 3 is 2.58 bits per heavy atom. The molecule has 0 aromatic heterocycles. The van der Waals surface area contributed by atoms with E-state index in [0.29, 0.717) is 12.2 Å². The fraction of sp³-hybridized carbons (Fsp3) is 0.143. The van der Waals surface area contributed by atoms with Crippen LogP contribution in [0.4, 0.5) is 0 Å². The molecule has 0 spiro atoms. The van der Waals surface area contributed by atoms with Gasteiger partial charge < -0.3 is 15.3 Å². The molecule has 3 aromatic rings. The highest BCUT2D eigenvalue weighted by atomic mass is 16.7. The number of carbonyl (C=O) groups excluding carboxylic acids is 1. The summed E-state index contributed by atoms with van der Waals surface area (Å²) in [6.45, 7) is 1.68. The maximum absolute atomic E-state index is 11.8. The minimum Gasteiger partial charge on any atom is -0.482 e. The average molecular weight is 348 g/mol. The molecule has 0 heterocycles. The molecular weight excluding hydrogens is 328 g/mol. The second-order valence-electron chi connectivity index (χ2n) is 5.92. The van der Waals surface area contributed by atoms with Crippen molar-refractivity contribution < 1.29 is 14.4 Å². The van der Waals surface area contributed by atoms with Gasteiger partial charge in [0.05, 0.1) is 0 Å². The largest absolute Gasteiger partial charge is 0.482 e. The molecule has 3 aromatic carbocycles. The highest BCUT2D eigenvalue weighted by Crippen LogP contribution is 2.19. The lowest BCUT2D eigenvalue weighted by molar-refractivity contribution is -0.146. The number of nitrogens with zero attached hydrogens (tertiary/aromatic N) is 1. The van der Waals surface area contributed by atoms with Gasteiger partial charge >= 0.3 is 5.97 Å². The highest BCUT2D eigenvalue weighted by Gasteiger charge is 2.07. The van der Waals surface area contributed by atoms with E-state index in [9.17, 15) is 4.79 Å². The Kier molecular flexibility index (Phi) is 5.49. The van der Waals surface area contributed by atoms with Crippen molar-refractivity contribution in [1.82, 2.24) is 0 Å². The second kappa shape index (κ2) is 8.16. The topological polar surface area (TPSA) is 73.9 Å². The quantitative estimate of drug-likeness (QED) is 0.320. The molecule has 0 amide bonds. The molecule has 0 saturated carbocycles. The number of para-hydroxylation sites is 1. The van der Waals surface area contributed by atoms with Gasteiger partial charge in [-0.2, -0.15) is 0 Å². The van der Waals surface area contributed by atoms with Crippen LogP contribution in [0.15, 0.2) is 71.9 Å². The van der Waals surface area contributed by atoms with Crippen molar-refractivity contribution >= 4 is 22.6 Å². The Morgan fingerprint density at radius 2 is 1.73 bits per heavy atom. The molecule has 26 heavy (non-hydrogen) atoms. The first-order chi connectivity index (χ1) is 12.6. The number of benzene rings is 3. The standard InChI is InChI=1S/C21H20N2O3/c1-15-7-2-5-12-19(15)25-14-21(24)26-23-20(22)13-17-10-6-9-16-8-3-4-11-18(16)17/h2-12H,13-14H2,1H3,(H2,22,23). The Morgan fingerprint density at radius 1 is 1.00 bits per heavy atom. The number of hydrogen-bond acceptors (Lipinski definition) is 4.